The lowest BCUT2D eigenvalue weighted by atomic mass is 9.95. The highest BCUT2D eigenvalue weighted by Gasteiger charge is 2.45. The summed E-state index contributed by atoms with van der Waals surface area (Å²) in [7, 11) is 0. The zero-order chi connectivity index (χ0) is 18.1. The minimum Gasteiger partial charge on any atom is -0.479 e. The van der Waals surface area contributed by atoms with E-state index >= 15 is 0 Å². The van der Waals surface area contributed by atoms with Gasteiger partial charge in [-0.1, -0.05) is 42.5 Å². The van der Waals surface area contributed by atoms with Crippen molar-refractivity contribution < 1.29 is 14.7 Å². The van der Waals surface area contributed by atoms with Crippen molar-refractivity contribution >= 4 is 22.8 Å². The maximum Gasteiger partial charge on any atom is 0.330 e. The predicted molar refractivity (Wildman–Crippen MR) is 99.0 cm³/mol. The van der Waals surface area contributed by atoms with E-state index in [4.69, 9.17) is 0 Å². The Labute approximate surface area is 151 Å². The molecule has 0 atom stereocenters. The van der Waals surface area contributed by atoms with E-state index in [1.54, 1.807) is 0 Å². The summed E-state index contributed by atoms with van der Waals surface area (Å²) in [5.41, 5.74) is 2.85. The molecule has 0 saturated heterocycles. The monoisotopic (exact) mass is 348 g/mol. The van der Waals surface area contributed by atoms with Gasteiger partial charge in [-0.3, -0.25) is 4.79 Å². The summed E-state index contributed by atoms with van der Waals surface area (Å²) in [5, 5.41) is 13.7. The first kappa shape index (κ1) is 16.4. The Bertz CT molecular complexity index is 965. The number of carboxylic acid groups (broad SMARTS) is 1. The van der Waals surface area contributed by atoms with Crippen molar-refractivity contribution in [3.63, 3.8) is 0 Å². The number of para-hydroxylation sites is 1. The summed E-state index contributed by atoms with van der Waals surface area (Å²) < 4.78 is 0. The van der Waals surface area contributed by atoms with Gasteiger partial charge in [-0.25, -0.2) is 4.79 Å². The number of carbonyl (C=O) groups excluding carboxylic acids is 1. The number of hydrogen-bond donors (Lipinski definition) is 3. The largest absolute Gasteiger partial charge is 0.479 e. The number of aromatic nitrogens is 1. The number of carbonyl (C=O) groups is 2. The standard InChI is InChI=1S/C21H20N2O3/c24-19(10-9-16-13-22-18-8-4-3-7-17(16)18)23-21(20(25)26)11-14-5-1-2-6-15(14)12-21/h1-8,13,22H,9-12H2,(H,23,24)(H,25,26). The molecule has 3 N–H and O–H groups in total. The molecule has 26 heavy (non-hydrogen) atoms. The fraction of sp³-hybridized carbons (Fsp3) is 0.238. The third-order valence-corrected chi connectivity index (χ3v) is 5.19. The van der Waals surface area contributed by atoms with Crippen LogP contribution in [0.4, 0.5) is 0 Å². The maximum absolute atomic E-state index is 12.5. The van der Waals surface area contributed by atoms with E-state index in [-0.39, 0.29) is 12.3 Å². The molecular weight excluding hydrogens is 328 g/mol. The van der Waals surface area contributed by atoms with Gasteiger partial charge in [0.1, 0.15) is 5.54 Å². The van der Waals surface area contributed by atoms with Crippen molar-refractivity contribution in [1.82, 2.24) is 10.3 Å². The molecule has 0 spiro atoms. The molecule has 2 aromatic carbocycles. The topological polar surface area (TPSA) is 82.2 Å². The zero-order valence-corrected chi connectivity index (χ0v) is 14.3. The fourth-order valence-corrected chi connectivity index (χ4v) is 3.82. The second-order valence-electron chi connectivity index (χ2n) is 6.92. The first-order valence-electron chi connectivity index (χ1n) is 8.74. The predicted octanol–water partition coefficient (Wildman–Crippen LogP) is 2.84. The molecule has 3 aromatic rings. The van der Waals surface area contributed by atoms with E-state index in [0.717, 1.165) is 27.6 Å². The molecule has 0 bridgehead atoms. The Hall–Kier alpha value is -3.08. The molecular formula is C21H20N2O3. The second kappa shape index (κ2) is 6.33. The van der Waals surface area contributed by atoms with Crippen LogP contribution >= 0.6 is 0 Å². The molecule has 0 saturated carbocycles. The summed E-state index contributed by atoms with van der Waals surface area (Å²) in [6.45, 7) is 0. The summed E-state index contributed by atoms with van der Waals surface area (Å²) in [5.74, 6) is -1.21. The number of carboxylic acids is 1. The molecule has 1 aliphatic carbocycles. The first-order chi connectivity index (χ1) is 12.6. The molecule has 0 fully saturated rings. The molecule has 132 valence electrons. The van der Waals surface area contributed by atoms with Gasteiger partial charge in [-0.15, -0.1) is 0 Å². The number of fused-ring (bicyclic) bond motifs is 2. The van der Waals surface area contributed by atoms with Crippen molar-refractivity contribution in [2.24, 2.45) is 0 Å². The lowest BCUT2D eigenvalue weighted by Gasteiger charge is -2.25. The Morgan fingerprint density at radius 1 is 1.04 bits per heavy atom. The summed E-state index contributed by atoms with van der Waals surface area (Å²) >= 11 is 0. The van der Waals surface area contributed by atoms with Crippen LogP contribution in [-0.4, -0.2) is 27.5 Å². The second-order valence-corrected chi connectivity index (χ2v) is 6.92. The van der Waals surface area contributed by atoms with Crippen LogP contribution in [0.2, 0.25) is 0 Å². The number of benzene rings is 2. The molecule has 1 aromatic heterocycles. The molecule has 5 nitrogen and oxygen atoms in total. The SMILES string of the molecule is O=C(CCc1c[nH]c2ccccc12)NC1(C(=O)O)Cc2ccccc2C1. The number of H-pyrrole nitrogens is 1. The molecule has 1 heterocycles. The van der Waals surface area contributed by atoms with Gasteiger partial charge in [0.05, 0.1) is 0 Å². The average molecular weight is 348 g/mol. The molecule has 1 amide bonds. The summed E-state index contributed by atoms with van der Waals surface area (Å²) in [6, 6.07) is 15.6. The van der Waals surface area contributed by atoms with Crippen LogP contribution in [0.1, 0.15) is 23.1 Å². The van der Waals surface area contributed by atoms with Crippen LogP contribution in [0.5, 0.6) is 0 Å². The van der Waals surface area contributed by atoms with Crippen molar-refractivity contribution in [1.29, 1.82) is 0 Å². The van der Waals surface area contributed by atoms with Gasteiger partial charge < -0.3 is 15.4 Å². The maximum atomic E-state index is 12.5. The minimum absolute atomic E-state index is 0.231. The lowest BCUT2D eigenvalue weighted by Crippen LogP contribution is -2.55. The molecule has 0 radical (unpaired) electrons. The third-order valence-electron chi connectivity index (χ3n) is 5.19. The zero-order valence-electron chi connectivity index (χ0n) is 14.3. The van der Waals surface area contributed by atoms with E-state index in [9.17, 15) is 14.7 Å². The molecule has 0 unspecified atom stereocenters. The lowest BCUT2D eigenvalue weighted by molar-refractivity contribution is -0.147. The van der Waals surface area contributed by atoms with E-state index in [1.165, 1.54) is 0 Å². The highest BCUT2D eigenvalue weighted by molar-refractivity contribution is 5.89. The summed E-state index contributed by atoms with van der Waals surface area (Å²) in [6.07, 6.45) is 3.40. The molecule has 5 heteroatoms. The van der Waals surface area contributed by atoms with Crippen molar-refractivity contribution in [2.45, 2.75) is 31.2 Å². The number of amides is 1. The van der Waals surface area contributed by atoms with Gasteiger partial charge in [0.15, 0.2) is 0 Å². The van der Waals surface area contributed by atoms with E-state index in [1.807, 2.05) is 54.7 Å². The fourth-order valence-electron chi connectivity index (χ4n) is 3.82. The quantitative estimate of drug-likeness (QED) is 0.663. The van der Waals surface area contributed by atoms with E-state index in [0.29, 0.717) is 19.3 Å². The van der Waals surface area contributed by atoms with Gasteiger partial charge >= 0.3 is 5.97 Å². The van der Waals surface area contributed by atoms with Crippen molar-refractivity contribution in [2.75, 3.05) is 0 Å². The number of nitrogens with one attached hydrogen (secondary N) is 2. The molecule has 1 aliphatic rings. The highest BCUT2D eigenvalue weighted by atomic mass is 16.4. The molecule has 4 rings (SSSR count). The van der Waals surface area contributed by atoms with Crippen LogP contribution in [0, 0.1) is 0 Å². The normalized spacial score (nSPS) is 14.9. The number of rotatable bonds is 5. The smallest absolute Gasteiger partial charge is 0.330 e. The Kier molecular flexibility index (Phi) is 3.99. The number of hydrogen-bond acceptors (Lipinski definition) is 2. The number of aliphatic carboxylic acids is 1. The van der Waals surface area contributed by atoms with Crippen molar-refractivity contribution in [3.05, 3.63) is 71.4 Å². The molecule has 0 aliphatic heterocycles. The Morgan fingerprint density at radius 2 is 1.69 bits per heavy atom. The number of aromatic amines is 1. The van der Waals surface area contributed by atoms with E-state index < -0.39 is 11.5 Å². The van der Waals surface area contributed by atoms with Gasteiger partial charge in [0.2, 0.25) is 5.91 Å². The van der Waals surface area contributed by atoms with Crippen LogP contribution in [0.15, 0.2) is 54.7 Å². The number of aryl methyl sites for hydroxylation is 1. The van der Waals surface area contributed by atoms with Crippen LogP contribution in [-0.2, 0) is 28.9 Å². The van der Waals surface area contributed by atoms with Crippen molar-refractivity contribution in [3.8, 4) is 0 Å². The third kappa shape index (κ3) is 2.86. The summed E-state index contributed by atoms with van der Waals surface area (Å²) in [4.78, 5) is 27.6. The Balaban J connectivity index is 1.46. The Morgan fingerprint density at radius 3 is 2.38 bits per heavy atom. The first-order valence-corrected chi connectivity index (χ1v) is 8.74. The van der Waals surface area contributed by atoms with Gasteiger partial charge in [-0.05, 0) is 29.2 Å². The van der Waals surface area contributed by atoms with E-state index in [2.05, 4.69) is 10.3 Å². The van der Waals surface area contributed by atoms with Crippen LogP contribution in [0.3, 0.4) is 0 Å². The highest BCUT2D eigenvalue weighted by Crippen LogP contribution is 2.30. The van der Waals surface area contributed by atoms with Gasteiger partial charge in [-0.2, -0.15) is 0 Å². The van der Waals surface area contributed by atoms with Crippen LogP contribution < -0.4 is 5.32 Å². The average Bonchev–Trinajstić information content (AvgIpc) is 3.21. The van der Waals surface area contributed by atoms with Gasteiger partial charge in [0.25, 0.3) is 0 Å². The minimum atomic E-state index is -1.24. The van der Waals surface area contributed by atoms with Crippen LogP contribution in [0.25, 0.3) is 10.9 Å². The van der Waals surface area contributed by atoms with Gasteiger partial charge in [0, 0.05) is 36.4 Å².